The van der Waals surface area contributed by atoms with E-state index in [0.29, 0.717) is 43.6 Å². The molecule has 2 fully saturated rings. The molecule has 0 unspecified atom stereocenters. The van der Waals surface area contributed by atoms with Crippen molar-refractivity contribution in [2.24, 2.45) is 5.73 Å². The van der Waals surface area contributed by atoms with E-state index in [1.54, 1.807) is 12.1 Å². The molecule has 33 heavy (non-hydrogen) atoms. The Balaban J connectivity index is 1.65. The summed E-state index contributed by atoms with van der Waals surface area (Å²) in [5, 5.41) is 0.887. The largest absolute Gasteiger partial charge is 0.377 e. The number of aromatic nitrogens is 3. The zero-order chi connectivity index (χ0) is 22.9. The number of nitrogens with zero attached hydrogens (tertiary/aromatic N) is 5. The predicted molar refractivity (Wildman–Crippen MR) is 126 cm³/mol. The first kappa shape index (κ1) is 21.9. The summed E-state index contributed by atoms with van der Waals surface area (Å²) in [5.41, 5.74) is 8.31. The van der Waals surface area contributed by atoms with Crippen molar-refractivity contribution in [1.29, 1.82) is 0 Å². The number of rotatable bonds is 4. The van der Waals surface area contributed by atoms with E-state index in [1.807, 2.05) is 12.1 Å². The van der Waals surface area contributed by atoms with Gasteiger partial charge in [-0.2, -0.15) is 9.97 Å². The van der Waals surface area contributed by atoms with Crippen LogP contribution in [-0.4, -0.2) is 66.6 Å². The SMILES string of the molecule is C[C@H]1COCCN1c1nc(N2CCOC[C@@H]2C)c2ccc(-c3ccc(F)c(CN)c3)nc2n1. The first-order chi connectivity index (χ1) is 16.0. The van der Waals surface area contributed by atoms with Crippen LogP contribution in [0.1, 0.15) is 19.4 Å². The van der Waals surface area contributed by atoms with Crippen LogP contribution in [0.2, 0.25) is 0 Å². The molecule has 2 aromatic heterocycles. The van der Waals surface area contributed by atoms with Gasteiger partial charge < -0.3 is 25.0 Å². The molecule has 0 radical (unpaired) electrons. The molecule has 174 valence electrons. The van der Waals surface area contributed by atoms with Crippen LogP contribution in [0.25, 0.3) is 22.3 Å². The Labute approximate surface area is 192 Å². The van der Waals surface area contributed by atoms with Gasteiger partial charge in [-0.05, 0) is 44.2 Å². The van der Waals surface area contributed by atoms with Crippen LogP contribution in [-0.2, 0) is 16.0 Å². The van der Waals surface area contributed by atoms with E-state index in [0.717, 1.165) is 35.6 Å². The first-order valence-corrected chi connectivity index (χ1v) is 11.4. The molecule has 2 saturated heterocycles. The summed E-state index contributed by atoms with van der Waals surface area (Å²) in [6.07, 6.45) is 0. The lowest BCUT2D eigenvalue weighted by Gasteiger charge is -2.37. The zero-order valence-corrected chi connectivity index (χ0v) is 19.0. The topological polar surface area (TPSA) is 89.6 Å². The third kappa shape index (κ3) is 4.23. The molecular weight excluding hydrogens is 423 g/mol. The van der Waals surface area contributed by atoms with E-state index < -0.39 is 0 Å². The van der Waals surface area contributed by atoms with E-state index in [9.17, 15) is 4.39 Å². The van der Waals surface area contributed by atoms with Crippen LogP contribution in [0.15, 0.2) is 30.3 Å². The Bertz CT molecular complexity index is 1160. The van der Waals surface area contributed by atoms with Gasteiger partial charge in [0.05, 0.1) is 49.6 Å². The van der Waals surface area contributed by atoms with Crippen molar-refractivity contribution in [2.45, 2.75) is 32.5 Å². The third-order valence-corrected chi connectivity index (χ3v) is 6.35. The maximum absolute atomic E-state index is 14.0. The molecule has 1 aromatic carbocycles. The van der Waals surface area contributed by atoms with Crippen molar-refractivity contribution < 1.29 is 13.9 Å². The lowest BCUT2D eigenvalue weighted by molar-refractivity contribution is 0.0973. The molecule has 9 heteroatoms. The number of benzene rings is 1. The van der Waals surface area contributed by atoms with Crippen LogP contribution in [0.3, 0.4) is 0 Å². The predicted octanol–water partition coefficient (Wildman–Crippen LogP) is 2.74. The molecular formula is C24H29FN6O2. The molecule has 3 aromatic rings. The number of pyridine rings is 1. The Morgan fingerprint density at radius 1 is 0.970 bits per heavy atom. The second-order valence-corrected chi connectivity index (χ2v) is 8.66. The van der Waals surface area contributed by atoms with Gasteiger partial charge in [-0.3, -0.25) is 0 Å². The maximum atomic E-state index is 14.0. The Morgan fingerprint density at radius 2 is 1.70 bits per heavy atom. The minimum Gasteiger partial charge on any atom is -0.377 e. The van der Waals surface area contributed by atoms with Gasteiger partial charge in [-0.15, -0.1) is 0 Å². The summed E-state index contributed by atoms with van der Waals surface area (Å²) in [4.78, 5) is 19.2. The Kier molecular flexibility index (Phi) is 6.09. The number of ether oxygens (including phenoxy) is 2. The monoisotopic (exact) mass is 452 g/mol. The number of anilines is 2. The molecule has 2 atom stereocenters. The molecule has 0 spiro atoms. The fraction of sp³-hybridized carbons (Fsp3) is 0.458. The van der Waals surface area contributed by atoms with E-state index in [1.165, 1.54) is 6.07 Å². The van der Waals surface area contributed by atoms with Gasteiger partial charge in [0.25, 0.3) is 0 Å². The summed E-state index contributed by atoms with van der Waals surface area (Å²) >= 11 is 0. The zero-order valence-electron chi connectivity index (χ0n) is 19.0. The average Bonchev–Trinajstić information content (AvgIpc) is 2.84. The lowest BCUT2D eigenvalue weighted by atomic mass is 10.1. The number of hydrogen-bond donors (Lipinski definition) is 1. The summed E-state index contributed by atoms with van der Waals surface area (Å²) in [7, 11) is 0. The highest BCUT2D eigenvalue weighted by molar-refractivity contribution is 5.90. The smallest absolute Gasteiger partial charge is 0.229 e. The molecule has 0 aliphatic carbocycles. The van der Waals surface area contributed by atoms with Crippen molar-refractivity contribution in [1.82, 2.24) is 15.0 Å². The van der Waals surface area contributed by atoms with E-state index in [-0.39, 0.29) is 24.4 Å². The minimum absolute atomic E-state index is 0.132. The van der Waals surface area contributed by atoms with Gasteiger partial charge >= 0.3 is 0 Å². The molecule has 2 aliphatic rings. The van der Waals surface area contributed by atoms with Gasteiger partial charge in [-0.1, -0.05) is 0 Å². The fourth-order valence-electron chi connectivity index (χ4n) is 4.45. The summed E-state index contributed by atoms with van der Waals surface area (Å²) in [5.74, 6) is 1.21. The molecule has 5 rings (SSSR count). The fourth-order valence-corrected chi connectivity index (χ4v) is 4.45. The highest BCUT2D eigenvalue weighted by atomic mass is 19.1. The van der Waals surface area contributed by atoms with Gasteiger partial charge in [0.2, 0.25) is 5.95 Å². The number of morpholine rings is 2. The van der Waals surface area contributed by atoms with E-state index >= 15 is 0 Å². The normalized spacial score (nSPS) is 21.6. The van der Waals surface area contributed by atoms with Crippen molar-refractivity contribution in [3.05, 3.63) is 41.7 Å². The second-order valence-electron chi connectivity index (χ2n) is 8.66. The van der Waals surface area contributed by atoms with Gasteiger partial charge in [0, 0.05) is 30.8 Å². The highest BCUT2D eigenvalue weighted by Crippen LogP contribution is 2.31. The molecule has 0 saturated carbocycles. The molecule has 2 aliphatic heterocycles. The van der Waals surface area contributed by atoms with Crippen LogP contribution in [0.5, 0.6) is 0 Å². The average molecular weight is 453 g/mol. The Morgan fingerprint density at radius 3 is 2.39 bits per heavy atom. The second kappa shape index (κ2) is 9.17. The van der Waals surface area contributed by atoms with Gasteiger partial charge in [0.1, 0.15) is 11.6 Å². The van der Waals surface area contributed by atoms with Crippen LogP contribution < -0.4 is 15.5 Å². The quantitative estimate of drug-likeness (QED) is 0.646. The van der Waals surface area contributed by atoms with Gasteiger partial charge in [0.15, 0.2) is 5.65 Å². The molecule has 2 N–H and O–H groups in total. The van der Waals surface area contributed by atoms with E-state index in [2.05, 4.69) is 23.6 Å². The summed E-state index contributed by atoms with van der Waals surface area (Å²) < 4.78 is 25.2. The van der Waals surface area contributed by atoms with Crippen molar-refractivity contribution in [2.75, 3.05) is 49.3 Å². The minimum atomic E-state index is -0.309. The summed E-state index contributed by atoms with van der Waals surface area (Å²) in [6.45, 7) is 8.44. The van der Waals surface area contributed by atoms with Crippen LogP contribution in [0.4, 0.5) is 16.2 Å². The molecule has 4 heterocycles. The lowest BCUT2D eigenvalue weighted by Crippen LogP contribution is -2.46. The standard InChI is InChI=1S/C24H29FN6O2/c1-15-13-32-9-7-30(15)23-19-4-6-21(17-3-5-20(25)18(11-17)12-26)27-22(19)28-24(29-23)31-8-10-33-14-16(31)2/h3-6,11,15-16H,7-10,12-14,26H2,1-2H3/t15-,16-/m0/s1. The number of fused-ring (bicyclic) bond motifs is 1. The van der Waals surface area contributed by atoms with Crippen LogP contribution >= 0.6 is 0 Å². The highest BCUT2D eigenvalue weighted by Gasteiger charge is 2.27. The Hall–Kier alpha value is -2.88. The molecule has 0 bridgehead atoms. The third-order valence-electron chi connectivity index (χ3n) is 6.35. The first-order valence-electron chi connectivity index (χ1n) is 11.4. The molecule has 0 amide bonds. The van der Waals surface area contributed by atoms with Crippen molar-refractivity contribution in [3.8, 4) is 11.3 Å². The number of nitrogens with two attached hydrogens (primary N) is 1. The number of halogens is 1. The van der Waals surface area contributed by atoms with Crippen molar-refractivity contribution in [3.63, 3.8) is 0 Å². The summed E-state index contributed by atoms with van der Waals surface area (Å²) in [6, 6.07) is 9.21. The number of hydrogen-bond acceptors (Lipinski definition) is 8. The van der Waals surface area contributed by atoms with Crippen LogP contribution in [0, 0.1) is 5.82 Å². The molecule has 8 nitrogen and oxygen atoms in total. The van der Waals surface area contributed by atoms with Crippen molar-refractivity contribution >= 4 is 22.8 Å². The van der Waals surface area contributed by atoms with Gasteiger partial charge in [-0.25, -0.2) is 9.37 Å². The van der Waals surface area contributed by atoms with E-state index in [4.69, 9.17) is 30.2 Å². The maximum Gasteiger partial charge on any atom is 0.229 e.